The molecular weight excluding hydrogens is 717 g/mol. The summed E-state index contributed by atoms with van der Waals surface area (Å²) in [6, 6.07) is 73.5. The van der Waals surface area contributed by atoms with E-state index in [9.17, 15) is 0 Å². The lowest BCUT2D eigenvalue weighted by Crippen LogP contribution is -2.02. The summed E-state index contributed by atoms with van der Waals surface area (Å²) in [6.45, 7) is 0. The Bertz CT molecular complexity index is 3610. The van der Waals surface area contributed by atoms with Gasteiger partial charge in [0.05, 0.1) is 16.7 Å². The second-order valence-electron chi connectivity index (χ2n) is 15.2. The largest absolute Gasteiger partial charge is 0.309 e. The Labute approximate surface area is 340 Å². The molecule has 0 fully saturated rings. The van der Waals surface area contributed by atoms with E-state index in [2.05, 4.69) is 193 Å². The summed E-state index contributed by atoms with van der Waals surface area (Å²) in [4.78, 5) is 15.8. The zero-order valence-corrected chi connectivity index (χ0v) is 31.9. The van der Waals surface area contributed by atoms with Gasteiger partial charge in [-0.3, -0.25) is 0 Å². The average Bonchev–Trinajstić information content (AvgIpc) is 3.63. The van der Waals surface area contributed by atoms with Crippen LogP contribution in [0.15, 0.2) is 206 Å². The minimum atomic E-state index is 0.619. The normalized spacial score (nSPS) is 11.7. The van der Waals surface area contributed by atoms with Gasteiger partial charge in [0.25, 0.3) is 0 Å². The van der Waals surface area contributed by atoms with E-state index < -0.39 is 0 Å². The van der Waals surface area contributed by atoms with Crippen LogP contribution in [0.2, 0.25) is 0 Å². The number of rotatable bonds is 5. The summed E-state index contributed by atoms with van der Waals surface area (Å²) in [5.74, 6) is 1.88. The van der Waals surface area contributed by atoms with Crippen LogP contribution in [0.4, 0.5) is 0 Å². The van der Waals surface area contributed by atoms with Gasteiger partial charge in [0.2, 0.25) is 0 Å². The van der Waals surface area contributed by atoms with E-state index in [-0.39, 0.29) is 0 Å². The highest BCUT2D eigenvalue weighted by Crippen LogP contribution is 2.42. The Morgan fingerprint density at radius 2 is 0.831 bits per heavy atom. The van der Waals surface area contributed by atoms with Gasteiger partial charge in [0.1, 0.15) is 0 Å². The molecule has 0 radical (unpaired) electrons. The first-order valence-electron chi connectivity index (χ1n) is 20.0. The lowest BCUT2D eigenvalue weighted by atomic mass is 9.94. The summed E-state index contributed by atoms with van der Waals surface area (Å²) >= 11 is 0. The quantitative estimate of drug-likeness (QED) is 0.176. The molecule has 2 heterocycles. The molecular formula is C55H34N4. The molecule has 4 heteroatoms. The SMILES string of the molecule is c1ccc(-c2nc(-c3cc(-n4c5cc6ccccc6cc5c5c6ccccc6ccc54)c4ccccc4c3)nc(-c3ccc(-c4ccccc4)c4ccccc34)n2)cc1. The molecule has 0 amide bonds. The summed E-state index contributed by atoms with van der Waals surface area (Å²) in [5.41, 5.74) is 8.55. The number of benzene rings is 10. The first kappa shape index (κ1) is 33.2. The van der Waals surface area contributed by atoms with Gasteiger partial charge in [0, 0.05) is 32.8 Å². The first-order chi connectivity index (χ1) is 29.2. The van der Waals surface area contributed by atoms with Gasteiger partial charge in [-0.15, -0.1) is 0 Å². The number of hydrogen-bond acceptors (Lipinski definition) is 3. The fraction of sp³-hybridized carbons (Fsp3) is 0. The van der Waals surface area contributed by atoms with Crippen LogP contribution in [-0.4, -0.2) is 19.5 Å². The van der Waals surface area contributed by atoms with Crippen molar-refractivity contribution in [2.45, 2.75) is 0 Å². The average molecular weight is 751 g/mol. The van der Waals surface area contributed by atoms with Gasteiger partial charge in [-0.25, -0.2) is 15.0 Å². The third-order valence-corrected chi connectivity index (χ3v) is 11.8. The minimum Gasteiger partial charge on any atom is -0.309 e. The molecule has 0 aliphatic rings. The van der Waals surface area contributed by atoms with Crippen LogP contribution in [-0.2, 0) is 0 Å². The summed E-state index contributed by atoms with van der Waals surface area (Å²) in [6.07, 6.45) is 0. The third-order valence-electron chi connectivity index (χ3n) is 11.8. The van der Waals surface area contributed by atoms with Crippen molar-refractivity contribution in [3.8, 4) is 51.0 Å². The Morgan fingerprint density at radius 3 is 1.58 bits per heavy atom. The van der Waals surface area contributed by atoms with Crippen LogP contribution in [0, 0.1) is 0 Å². The fourth-order valence-corrected chi connectivity index (χ4v) is 9.04. The predicted octanol–water partition coefficient (Wildman–Crippen LogP) is 14.2. The minimum absolute atomic E-state index is 0.619. The van der Waals surface area contributed by atoms with E-state index in [1.54, 1.807) is 0 Å². The molecule has 274 valence electrons. The molecule has 0 saturated carbocycles. The second kappa shape index (κ2) is 13.3. The molecule has 2 aromatic heterocycles. The van der Waals surface area contributed by atoms with Crippen molar-refractivity contribution in [1.82, 2.24) is 19.5 Å². The van der Waals surface area contributed by atoms with Crippen LogP contribution in [0.1, 0.15) is 0 Å². The van der Waals surface area contributed by atoms with Gasteiger partial charge in [-0.1, -0.05) is 170 Å². The molecule has 0 unspecified atom stereocenters. The van der Waals surface area contributed by atoms with Crippen molar-refractivity contribution in [3.63, 3.8) is 0 Å². The molecule has 0 aliphatic heterocycles. The third kappa shape index (κ3) is 5.42. The molecule has 0 N–H and O–H groups in total. The molecule has 0 spiro atoms. The molecule has 12 aromatic rings. The van der Waals surface area contributed by atoms with Crippen LogP contribution in [0.5, 0.6) is 0 Å². The van der Waals surface area contributed by atoms with Crippen LogP contribution in [0.3, 0.4) is 0 Å². The smallest absolute Gasteiger partial charge is 0.164 e. The Morgan fingerprint density at radius 1 is 0.288 bits per heavy atom. The summed E-state index contributed by atoms with van der Waals surface area (Å²) < 4.78 is 2.45. The van der Waals surface area contributed by atoms with E-state index in [1.807, 2.05) is 18.2 Å². The molecule has 59 heavy (non-hydrogen) atoms. The van der Waals surface area contributed by atoms with E-state index in [0.29, 0.717) is 17.5 Å². The van der Waals surface area contributed by atoms with Crippen molar-refractivity contribution in [1.29, 1.82) is 0 Å². The molecule has 0 bridgehead atoms. The number of hydrogen-bond donors (Lipinski definition) is 0. The maximum absolute atomic E-state index is 5.36. The predicted molar refractivity (Wildman–Crippen MR) is 246 cm³/mol. The molecule has 4 nitrogen and oxygen atoms in total. The van der Waals surface area contributed by atoms with Crippen molar-refractivity contribution >= 4 is 64.9 Å². The number of fused-ring (bicyclic) bond motifs is 8. The van der Waals surface area contributed by atoms with Crippen molar-refractivity contribution in [3.05, 3.63) is 206 Å². The van der Waals surface area contributed by atoms with Crippen molar-refractivity contribution in [2.24, 2.45) is 0 Å². The van der Waals surface area contributed by atoms with E-state index in [0.717, 1.165) is 55.0 Å². The zero-order chi connectivity index (χ0) is 38.9. The van der Waals surface area contributed by atoms with E-state index in [1.165, 1.54) is 43.4 Å². The summed E-state index contributed by atoms with van der Waals surface area (Å²) in [5, 5.41) is 11.9. The van der Waals surface area contributed by atoms with Gasteiger partial charge in [0.15, 0.2) is 17.5 Å². The fourth-order valence-electron chi connectivity index (χ4n) is 9.04. The van der Waals surface area contributed by atoms with Crippen molar-refractivity contribution in [2.75, 3.05) is 0 Å². The standard InChI is InChI=1S/C55H34N4/c1-3-15-35(16-4-1)42-28-29-47(46-26-14-13-25-45(42)46)55-57-53(37-18-5-2-6-19-37)56-54(58-55)41-31-40-22-10-11-23-43(40)50(34-41)59-49-30-27-36-17-9-12-24-44(36)52(49)48-32-38-20-7-8-21-39(38)33-51(48)59/h1-34H. The number of aromatic nitrogens is 4. The Kier molecular flexibility index (Phi) is 7.50. The number of nitrogens with zero attached hydrogens (tertiary/aromatic N) is 4. The molecule has 0 saturated heterocycles. The topological polar surface area (TPSA) is 43.6 Å². The van der Waals surface area contributed by atoms with Gasteiger partial charge >= 0.3 is 0 Å². The van der Waals surface area contributed by atoms with Gasteiger partial charge in [-0.2, -0.15) is 0 Å². The first-order valence-corrected chi connectivity index (χ1v) is 20.0. The molecule has 12 rings (SSSR count). The highest BCUT2D eigenvalue weighted by Gasteiger charge is 2.21. The van der Waals surface area contributed by atoms with Crippen LogP contribution >= 0.6 is 0 Å². The molecule has 0 aliphatic carbocycles. The second-order valence-corrected chi connectivity index (χ2v) is 15.2. The van der Waals surface area contributed by atoms with Gasteiger partial charge in [-0.05, 0) is 85.2 Å². The van der Waals surface area contributed by atoms with E-state index >= 15 is 0 Å². The highest BCUT2D eigenvalue weighted by molar-refractivity contribution is 6.23. The lowest BCUT2D eigenvalue weighted by Gasteiger charge is -2.16. The lowest BCUT2D eigenvalue weighted by molar-refractivity contribution is 1.07. The monoisotopic (exact) mass is 750 g/mol. The Hall–Kier alpha value is -7.95. The van der Waals surface area contributed by atoms with E-state index in [4.69, 9.17) is 15.0 Å². The Balaban J connectivity index is 1.14. The summed E-state index contributed by atoms with van der Waals surface area (Å²) in [7, 11) is 0. The van der Waals surface area contributed by atoms with Crippen LogP contribution < -0.4 is 0 Å². The maximum Gasteiger partial charge on any atom is 0.164 e. The molecule has 0 atom stereocenters. The van der Waals surface area contributed by atoms with Gasteiger partial charge < -0.3 is 4.57 Å². The zero-order valence-electron chi connectivity index (χ0n) is 31.9. The molecule has 10 aromatic carbocycles. The van der Waals surface area contributed by atoms with Crippen LogP contribution in [0.25, 0.3) is 116 Å². The maximum atomic E-state index is 5.36. The van der Waals surface area contributed by atoms with Crippen molar-refractivity contribution < 1.29 is 0 Å². The highest BCUT2D eigenvalue weighted by atomic mass is 15.0.